The van der Waals surface area contributed by atoms with E-state index < -0.39 is 5.82 Å². The molecule has 1 fully saturated rings. The van der Waals surface area contributed by atoms with E-state index in [0.717, 1.165) is 25.7 Å². The van der Waals surface area contributed by atoms with Gasteiger partial charge in [0.05, 0.1) is 10.0 Å². The predicted octanol–water partition coefficient (Wildman–Crippen LogP) is 4.04. The Hall–Kier alpha value is -0.900. The molecule has 0 spiro atoms. The fraction of sp³-hybridized carbons (Fsp3) is 0.500. The Morgan fingerprint density at radius 1 is 1.22 bits per heavy atom. The molecule has 1 aromatic carbocycles. The molecule has 1 N–H and O–H groups in total. The van der Waals surface area contributed by atoms with Crippen LogP contribution < -0.4 is 5.32 Å². The van der Waals surface area contributed by atoms with E-state index in [9.17, 15) is 9.18 Å². The number of amides is 1. The topological polar surface area (TPSA) is 29.1 Å². The Balaban J connectivity index is 2.04. The fourth-order valence-electron chi connectivity index (χ4n) is 2.37. The van der Waals surface area contributed by atoms with Crippen molar-refractivity contribution in [1.82, 2.24) is 5.32 Å². The van der Waals surface area contributed by atoms with Gasteiger partial charge in [-0.2, -0.15) is 0 Å². The summed E-state index contributed by atoms with van der Waals surface area (Å²) in [6.45, 7) is 0. The van der Waals surface area contributed by atoms with Crippen molar-refractivity contribution < 1.29 is 9.18 Å². The lowest BCUT2D eigenvalue weighted by atomic mass is 10.1. The number of hydrogen-bond donors (Lipinski definition) is 1. The van der Waals surface area contributed by atoms with Crippen LogP contribution in [0.4, 0.5) is 4.39 Å². The maximum atomic E-state index is 13.8. The van der Waals surface area contributed by atoms with Crippen molar-refractivity contribution in [2.75, 3.05) is 0 Å². The van der Waals surface area contributed by atoms with E-state index in [1.165, 1.54) is 18.9 Å². The summed E-state index contributed by atoms with van der Waals surface area (Å²) in [5.41, 5.74) is 0.119. The van der Waals surface area contributed by atoms with E-state index in [0.29, 0.717) is 4.47 Å². The van der Waals surface area contributed by atoms with Gasteiger partial charge in [0.2, 0.25) is 0 Å². The minimum Gasteiger partial charge on any atom is -0.349 e. The molecule has 0 radical (unpaired) electrons. The highest BCUT2D eigenvalue weighted by Crippen LogP contribution is 2.20. The summed E-state index contributed by atoms with van der Waals surface area (Å²) < 4.78 is 14.1. The molecule has 98 valence electrons. The molecule has 0 aromatic heterocycles. The predicted molar refractivity (Wildman–Crippen MR) is 73.1 cm³/mol. The molecule has 2 rings (SSSR count). The molecule has 18 heavy (non-hydrogen) atoms. The van der Waals surface area contributed by atoms with Gasteiger partial charge in [0, 0.05) is 6.04 Å². The molecule has 0 bridgehead atoms. The van der Waals surface area contributed by atoms with Gasteiger partial charge in [-0.25, -0.2) is 4.39 Å². The number of hydrogen-bond acceptors (Lipinski definition) is 1. The SMILES string of the molecule is O=C(NC1CCCCCC1)c1cccc(Br)c1F. The average molecular weight is 314 g/mol. The molecule has 4 heteroatoms. The quantitative estimate of drug-likeness (QED) is 0.820. The monoisotopic (exact) mass is 313 g/mol. The normalized spacial score (nSPS) is 17.2. The highest BCUT2D eigenvalue weighted by Gasteiger charge is 2.18. The third-order valence-corrected chi connectivity index (χ3v) is 4.00. The van der Waals surface area contributed by atoms with Crippen LogP contribution in [0.15, 0.2) is 22.7 Å². The Labute approximate surface area is 115 Å². The molecule has 0 aliphatic heterocycles. The zero-order valence-electron chi connectivity index (χ0n) is 10.2. The van der Waals surface area contributed by atoms with Crippen LogP contribution in [-0.2, 0) is 0 Å². The summed E-state index contributed by atoms with van der Waals surface area (Å²) in [5.74, 6) is -0.788. The number of carbonyl (C=O) groups is 1. The Kier molecular flexibility index (Phi) is 4.75. The Morgan fingerprint density at radius 3 is 2.56 bits per heavy atom. The van der Waals surface area contributed by atoms with Gasteiger partial charge in [0.25, 0.3) is 5.91 Å². The fourth-order valence-corrected chi connectivity index (χ4v) is 2.73. The summed E-state index contributed by atoms with van der Waals surface area (Å²) in [6, 6.07) is 4.98. The minimum absolute atomic E-state index is 0.119. The van der Waals surface area contributed by atoms with Crippen molar-refractivity contribution in [3.63, 3.8) is 0 Å². The molecular formula is C14H17BrFNO. The molecule has 0 heterocycles. The molecule has 1 aromatic rings. The number of benzene rings is 1. The largest absolute Gasteiger partial charge is 0.349 e. The molecule has 1 aliphatic rings. The van der Waals surface area contributed by atoms with Crippen LogP contribution in [0.3, 0.4) is 0 Å². The van der Waals surface area contributed by atoms with E-state index in [1.807, 2.05) is 0 Å². The van der Waals surface area contributed by atoms with E-state index >= 15 is 0 Å². The third kappa shape index (κ3) is 3.31. The molecule has 0 unspecified atom stereocenters. The third-order valence-electron chi connectivity index (χ3n) is 3.39. The molecular weight excluding hydrogens is 297 g/mol. The zero-order valence-corrected chi connectivity index (χ0v) is 11.8. The molecule has 2 nitrogen and oxygen atoms in total. The van der Waals surface area contributed by atoms with Crippen molar-refractivity contribution in [3.05, 3.63) is 34.1 Å². The van der Waals surface area contributed by atoms with E-state index in [-0.39, 0.29) is 17.5 Å². The molecule has 0 saturated heterocycles. The first-order valence-electron chi connectivity index (χ1n) is 6.43. The lowest BCUT2D eigenvalue weighted by Gasteiger charge is -2.16. The molecule has 1 amide bonds. The Morgan fingerprint density at radius 2 is 1.89 bits per heavy atom. The number of rotatable bonds is 2. The standard InChI is InChI=1S/C14H17BrFNO/c15-12-9-5-8-11(13(12)16)14(18)17-10-6-3-1-2-4-7-10/h5,8-10H,1-4,6-7H2,(H,17,18). The lowest BCUT2D eigenvalue weighted by molar-refractivity contribution is 0.0929. The zero-order chi connectivity index (χ0) is 13.0. The van der Waals surface area contributed by atoms with E-state index in [4.69, 9.17) is 0 Å². The van der Waals surface area contributed by atoms with Crippen LogP contribution in [0.2, 0.25) is 0 Å². The van der Waals surface area contributed by atoms with Gasteiger partial charge >= 0.3 is 0 Å². The lowest BCUT2D eigenvalue weighted by Crippen LogP contribution is -2.34. The first kappa shape index (κ1) is 13.5. The van der Waals surface area contributed by atoms with Gasteiger partial charge in [-0.3, -0.25) is 4.79 Å². The van der Waals surface area contributed by atoms with Crippen LogP contribution in [0.1, 0.15) is 48.9 Å². The van der Waals surface area contributed by atoms with Crippen LogP contribution in [0.5, 0.6) is 0 Å². The maximum Gasteiger partial charge on any atom is 0.254 e. The summed E-state index contributed by atoms with van der Waals surface area (Å²) >= 11 is 3.10. The van der Waals surface area contributed by atoms with Gasteiger partial charge in [-0.15, -0.1) is 0 Å². The summed E-state index contributed by atoms with van der Waals surface area (Å²) in [4.78, 5) is 12.0. The van der Waals surface area contributed by atoms with Crippen LogP contribution >= 0.6 is 15.9 Å². The van der Waals surface area contributed by atoms with Crippen LogP contribution in [0, 0.1) is 5.82 Å². The minimum atomic E-state index is -0.483. The highest BCUT2D eigenvalue weighted by atomic mass is 79.9. The van der Waals surface area contributed by atoms with Gasteiger partial charge in [-0.1, -0.05) is 31.7 Å². The van der Waals surface area contributed by atoms with Crippen molar-refractivity contribution in [3.8, 4) is 0 Å². The number of halogens is 2. The second kappa shape index (κ2) is 6.32. The van der Waals surface area contributed by atoms with Crippen molar-refractivity contribution in [2.24, 2.45) is 0 Å². The van der Waals surface area contributed by atoms with Gasteiger partial charge in [0.15, 0.2) is 0 Å². The second-order valence-corrected chi connectivity index (χ2v) is 5.62. The highest BCUT2D eigenvalue weighted by molar-refractivity contribution is 9.10. The first-order chi connectivity index (χ1) is 8.68. The molecule has 1 saturated carbocycles. The van der Waals surface area contributed by atoms with Crippen molar-refractivity contribution in [2.45, 2.75) is 44.6 Å². The van der Waals surface area contributed by atoms with Gasteiger partial charge < -0.3 is 5.32 Å². The van der Waals surface area contributed by atoms with Crippen molar-refractivity contribution in [1.29, 1.82) is 0 Å². The first-order valence-corrected chi connectivity index (χ1v) is 7.22. The molecule has 0 atom stereocenters. The van der Waals surface area contributed by atoms with Gasteiger partial charge in [-0.05, 0) is 40.9 Å². The summed E-state index contributed by atoms with van der Waals surface area (Å²) in [5, 5.41) is 2.94. The smallest absolute Gasteiger partial charge is 0.254 e. The van der Waals surface area contributed by atoms with Gasteiger partial charge in [0.1, 0.15) is 5.82 Å². The van der Waals surface area contributed by atoms with Crippen LogP contribution in [-0.4, -0.2) is 11.9 Å². The summed E-state index contributed by atoms with van der Waals surface area (Å²) in [6.07, 6.45) is 6.76. The van der Waals surface area contributed by atoms with Crippen molar-refractivity contribution >= 4 is 21.8 Å². The Bertz CT molecular complexity index is 428. The molecule has 1 aliphatic carbocycles. The second-order valence-electron chi connectivity index (χ2n) is 4.76. The van der Waals surface area contributed by atoms with Crippen LogP contribution in [0.25, 0.3) is 0 Å². The number of nitrogens with one attached hydrogen (secondary N) is 1. The van der Waals surface area contributed by atoms with E-state index in [1.54, 1.807) is 12.1 Å². The average Bonchev–Trinajstić information content (AvgIpc) is 2.61. The maximum absolute atomic E-state index is 13.8. The summed E-state index contributed by atoms with van der Waals surface area (Å²) in [7, 11) is 0. The number of carbonyl (C=O) groups excluding carboxylic acids is 1. The van der Waals surface area contributed by atoms with E-state index in [2.05, 4.69) is 21.2 Å².